The molecule has 3 rings (SSSR count). The molecule has 2 aromatic rings. The number of benzene rings is 2. The quantitative estimate of drug-likeness (QED) is 0.814. The molecule has 0 aliphatic heterocycles. The second kappa shape index (κ2) is 7.42. The smallest absolute Gasteiger partial charge is 0.118 e. The first-order chi connectivity index (χ1) is 11.8. The van der Waals surface area contributed by atoms with E-state index in [0.717, 1.165) is 29.0 Å². The van der Waals surface area contributed by atoms with Crippen LogP contribution in [0.5, 0.6) is 5.75 Å². The highest BCUT2D eigenvalue weighted by atomic mass is 16.5. The van der Waals surface area contributed by atoms with Gasteiger partial charge in [0.1, 0.15) is 11.5 Å². The third-order valence-corrected chi connectivity index (χ3v) is 3.73. The Kier molecular flexibility index (Phi) is 4.87. The molecule has 0 bridgehead atoms. The van der Waals surface area contributed by atoms with Crippen LogP contribution in [0.15, 0.2) is 77.4 Å². The van der Waals surface area contributed by atoms with Crippen molar-refractivity contribution in [2.75, 3.05) is 12.5 Å². The van der Waals surface area contributed by atoms with Gasteiger partial charge in [-0.3, -0.25) is 10.8 Å². The molecule has 0 atom stereocenters. The second-order valence-electron chi connectivity index (χ2n) is 5.40. The Morgan fingerprint density at radius 3 is 2.54 bits per heavy atom. The van der Waals surface area contributed by atoms with Gasteiger partial charge in [0.15, 0.2) is 0 Å². The number of hydrogen-bond acceptors (Lipinski definition) is 4. The van der Waals surface area contributed by atoms with E-state index in [1.807, 2.05) is 72.8 Å². The first-order valence-corrected chi connectivity index (χ1v) is 7.75. The van der Waals surface area contributed by atoms with Gasteiger partial charge in [0, 0.05) is 0 Å². The van der Waals surface area contributed by atoms with Gasteiger partial charge in [-0.05, 0) is 54.0 Å². The number of methoxy groups -OCH3 is 1. The molecule has 2 N–H and O–H groups in total. The zero-order valence-corrected chi connectivity index (χ0v) is 13.5. The Labute approximate surface area is 141 Å². The van der Waals surface area contributed by atoms with Gasteiger partial charge in [-0.1, -0.05) is 36.4 Å². The summed E-state index contributed by atoms with van der Waals surface area (Å²) >= 11 is 0. The minimum atomic E-state index is 0.441. The zero-order chi connectivity index (χ0) is 16.8. The molecule has 4 heteroatoms. The lowest BCUT2D eigenvalue weighted by Gasteiger charge is -2.13. The van der Waals surface area contributed by atoms with Gasteiger partial charge < -0.3 is 4.74 Å². The van der Waals surface area contributed by atoms with Crippen LogP contribution in [-0.2, 0) is 0 Å². The molecule has 0 spiro atoms. The molecular weight excluding hydrogens is 298 g/mol. The Balaban J connectivity index is 1.77. The third kappa shape index (κ3) is 3.79. The number of ether oxygens (including phenoxy) is 1. The third-order valence-electron chi connectivity index (χ3n) is 3.73. The number of hydrogen-bond donors (Lipinski definition) is 2. The van der Waals surface area contributed by atoms with E-state index in [1.54, 1.807) is 7.11 Å². The van der Waals surface area contributed by atoms with Crippen molar-refractivity contribution in [3.8, 4) is 5.75 Å². The molecule has 0 heterocycles. The van der Waals surface area contributed by atoms with Crippen LogP contribution in [-0.4, -0.2) is 18.5 Å². The van der Waals surface area contributed by atoms with E-state index in [2.05, 4.69) is 10.5 Å². The molecule has 120 valence electrons. The average molecular weight is 317 g/mol. The summed E-state index contributed by atoms with van der Waals surface area (Å²) in [6, 6.07) is 17.5. The summed E-state index contributed by atoms with van der Waals surface area (Å²) in [6.07, 6.45) is 6.65. The lowest BCUT2D eigenvalue weighted by molar-refractivity contribution is 0.415. The predicted octanol–water partition coefficient (Wildman–Crippen LogP) is 4.53. The number of nitrogens with one attached hydrogen (secondary N) is 2. The summed E-state index contributed by atoms with van der Waals surface area (Å²) in [5.41, 5.74) is 6.95. The molecular formula is C20H19N3O. The van der Waals surface area contributed by atoms with Crippen molar-refractivity contribution in [1.82, 2.24) is 0 Å². The van der Waals surface area contributed by atoms with E-state index in [0.29, 0.717) is 11.4 Å². The molecule has 2 aromatic carbocycles. The fourth-order valence-electron chi connectivity index (χ4n) is 2.41. The van der Waals surface area contributed by atoms with E-state index < -0.39 is 0 Å². The van der Waals surface area contributed by atoms with Crippen LogP contribution in [0.1, 0.15) is 12.0 Å². The largest absolute Gasteiger partial charge is 0.497 e. The maximum atomic E-state index is 8.38. The lowest BCUT2D eigenvalue weighted by Crippen LogP contribution is -2.18. The highest BCUT2D eigenvalue weighted by Gasteiger charge is 2.14. The first kappa shape index (κ1) is 15.7. The van der Waals surface area contributed by atoms with Crippen molar-refractivity contribution in [3.05, 3.63) is 77.9 Å². The predicted molar refractivity (Wildman–Crippen MR) is 100.0 cm³/mol. The molecule has 4 nitrogen and oxygen atoms in total. The van der Waals surface area contributed by atoms with Gasteiger partial charge >= 0.3 is 0 Å². The van der Waals surface area contributed by atoms with E-state index in [4.69, 9.17) is 10.1 Å². The molecule has 0 saturated heterocycles. The van der Waals surface area contributed by atoms with Crippen molar-refractivity contribution in [2.24, 2.45) is 5.10 Å². The van der Waals surface area contributed by atoms with Gasteiger partial charge in [0.05, 0.1) is 18.5 Å². The lowest BCUT2D eigenvalue weighted by atomic mass is 9.95. The Bertz CT molecular complexity index is 803. The van der Waals surface area contributed by atoms with E-state index in [-0.39, 0.29) is 0 Å². The van der Waals surface area contributed by atoms with Crippen LogP contribution in [0.2, 0.25) is 0 Å². The molecule has 0 amide bonds. The summed E-state index contributed by atoms with van der Waals surface area (Å²) in [4.78, 5) is 0. The summed E-state index contributed by atoms with van der Waals surface area (Å²) in [7, 11) is 1.65. The van der Waals surface area contributed by atoms with Gasteiger partial charge in [0.25, 0.3) is 0 Å². The van der Waals surface area contributed by atoms with E-state index >= 15 is 0 Å². The molecule has 0 radical (unpaired) electrons. The Hall–Kier alpha value is -3.14. The number of allylic oxidation sites excluding steroid dienone is 3. The van der Waals surface area contributed by atoms with Gasteiger partial charge in [0.2, 0.25) is 0 Å². The fraction of sp³-hybridized carbons (Fsp3) is 0.100. The van der Waals surface area contributed by atoms with Crippen LogP contribution in [0.4, 0.5) is 5.69 Å². The summed E-state index contributed by atoms with van der Waals surface area (Å²) in [5.74, 6) is 0.824. The van der Waals surface area contributed by atoms with Crippen LogP contribution in [0.3, 0.4) is 0 Å². The molecule has 0 saturated carbocycles. The number of hydrazone groups is 1. The monoisotopic (exact) mass is 317 g/mol. The average Bonchev–Trinajstić information content (AvgIpc) is 2.64. The van der Waals surface area contributed by atoms with Crippen LogP contribution in [0, 0.1) is 5.41 Å². The number of rotatable bonds is 4. The van der Waals surface area contributed by atoms with Gasteiger partial charge in [-0.2, -0.15) is 5.10 Å². The zero-order valence-electron chi connectivity index (χ0n) is 13.5. The van der Waals surface area contributed by atoms with Crippen molar-refractivity contribution in [2.45, 2.75) is 6.42 Å². The minimum absolute atomic E-state index is 0.441. The maximum absolute atomic E-state index is 8.38. The Morgan fingerprint density at radius 2 is 1.83 bits per heavy atom. The number of para-hydroxylation sites is 1. The van der Waals surface area contributed by atoms with Crippen molar-refractivity contribution >= 4 is 23.2 Å². The Morgan fingerprint density at radius 1 is 1.08 bits per heavy atom. The standard InChI is InChI=1S/C20H19N3O/c1-24-18-12-10-15(11-13-18)14-16-6-5-9-19(20(16)21)23-22-17-7-3-2-4-8-17/h2-5,7-14,21-22H,6H2,1H3. The first-order valence-electron chi connectivity index (χ1n) is 7.75. The molecule has 1 aliphatic rings. The molecule has 0 unspecified atom stereocenters. The number of anilines is 1. The summed E-state index contributed by atoms with van der Waals surface area (Å²) < 4.78 is 5.17. The molecule has 0 fully saturated rings. The highest BCUT2D eigenvalue weighted by Crippen LogP contribution is 2.19. The van der Waals surface area contributed by atoms with Crippen LogP contribution in [0.25, 0.3) is 6.08 Å². The molecule has 0 aromatic heterocycles. The summed E-state index contributed by atoms with van der Waals surface area (Å²) in [6.45, 7) is 0. The second-order valence-corrected chi connectivity index (χ2v) is 5.40. The summed E-state index contributed by atoms with van der Waals surface area (Å²) in [5, 5.41) is 12.7. The SMILES string of the molecule is COc1ccc(C=C2CC=CC(=NNc3ccccc3)C2=N)cc1. The topological polar surface area (TPSA) is 57.5 Å². The van der Waals surface area contributed by atoms with Crippen LogP contribution >= 0.6 is 0 Å². The van der Waals surface area contributed by atoms with E-state index in [9.17, 15) is 0 Å². The maximum Gasteiger partial charge on any atom is 0.118 e. The molecule has 24 heavy (non-hydrogen) atoms. The normalized spacial score (nSPS) is 17.3. The molecule has 1 aliphatic carbocycles. The van der Waals surface area contributed by atoms with Gasteiger partial charge in [-0.15, -0.1) is 0 Å². The van der Waals surface area contributed by atoms with Crippen molar-refractivity contribution in [3.63, 3.8) is 0 Å². The van der Waals surface area contributed by atoms with Crippen molar-refractivity contribution in [1.29, 1.82) is 5.41 Å². The van der Waals surface area contributed by atoms with Gasteiger partial charge in [-0.25, -0.2) is 0 Å². The van der Waals surface area contributed by atoms with Crippen molar-refractivity contribution < 1.29 is 4.74 Å². The number of nitrogens with zero attached hydrogens (tertiary/aromatic N) is 1. The van der Waals surface area contributed by atoms with Crippen LogP contribution < -0.4 is 10.2 Å². The minimum Gasteiger partial charge on any atom is -0.497 e. The fourth-order valence-corrected chi connectivity index (χ4v) is 2.41. The highest BCUT2D eigenvalue weighted by molar-refractivity contribution is 6.52. The van der Waals surface area contributed by atoms with E-state index in [1.165, 1.54) is 0 Å².